The van der Waals surface area contributed by atoms with Gasteiger partial charge in [-0.1, -0.05) is 55.5 Å². The average Bonchev–Trinajstić information content (AvgIpc) is 2.77. The molecule has 0 bridgehead atoms. The van der Waals surface area contributed by atoms with Crippen molar-refractivity contribution in [3.8, 4) is 0 Å². The van der Waals surface area contributed by atoms with E-state index < -0.39 is 0 Å². The predicted octanol–water partition coefficient (Wildman–Crippen LogP) is 5.16. The third-order valence-corrected chi connectivity index (χ3v) is 4.62. The van der Waals surface area contributed by atoms with Gasteiger partial charge in [0.1, 0.15) is 0 Å². The molecule has 4 nitrogen and oxygen atoms in total. The SMILES string of the molecule is CCC(CNc1ccccc1)OCc1ccc(C(=[N+]=[N-])c2ccccc2)cc1. The van der Waals surface area contributed by atoms with Gasteiger partial charge in [0.15, 0.2) is 0 Å². The first-order chi connectivity index (χ1) is 13.8. The van der Waals surface area contributed by atoms with Crippen molar-refractivity contribution in [2.24, 2.45) is 0 Å². The lowest BCUT2D eigenvalue weighted by Gasteiger charge is -2.17. The van der Waals surface area contributed by atoms with E-state index in [2.05, 4.69) is 29.2 Å². The fourth-order valence-corrected chi connectivity index (χ4v) is 2.96. The standard InChI is InChI=1S/C24H25N3O/c1-2-23(17-26-22-11-7-4-8-12-22)28-18-19-13-15-21(16-14-19)24(27-25)20-9-5-3-6-10-20/h3-16,23,26H,2,17-18H2,1H3. The Labute approximate surface area is 166 Å². The molecule has 0 aromatic heterocycles. The molecule has 0 radical (unpaired) electrons. The van der Waals surface area contributed by atoms with E-state index in [9.17, 15) is 5.53 Å². The second kappa shape index (κ2) is 10.2. The lowest BCUT2D eigenvalue weighted by Crippen LogP contribution is -2.22. The summed E-state index contributed by atoms with van der Waals surface area (Å²) >= 11 is 0. The molecule has 28 heavy (non-hydrogen) atoms. The number of nitrogens with zero attached hydrogens (tertiary/aromatic N) is 2. The fraction of sp³-hybridized carbons (Fsp3) is 0.208. The van der Waals surface area contributed by atoms with E-state index in [0.29, 0.717) is 12.3 Å². The number of anilines is 1. The van der Waals surface area contributed by atoms with Crippen LogP contribution in [0.4, 0.5) is 5.69 Å². The summed E-state index contributed by atoms with van der Waals surface area (Å²) in [4.78, 5) is 3.48. The molecule has 0 saturated heterocycles. The normalized spacial score (nSPS) is 11.5. The number of rotatable bonds is 9. The first-order valence-electron chi connectivity index (χ1n) is 9.57. The molecule has 0 heterocycles. The fourth-order valence-electron chi connectivity index (χ4n) is 2.96. The molecule has 3 rings (SSSR count). The molecule has 3 aromatic rings. The molecule has 142 valence electrons. The Morgan fingerprint density at radius 2 is 1.50 bits per heavy atom. The third-order valence-electron chi connectivity index (χ3n) is 4.62. The Balaban J connectivity index is 1.57. The minimum Gasteiger partial charge on any atom is -0.382 e. The van der Waals surface area contributed by atoms with Crippen LogP contribution in [0.3, 0.4) is 0 Å². The molecule has 1 N–H and O–H groups in total. The molecule has 0 aliphatic rings. The number of hydrogen-bond donors (Lipinski definition) is 1. The van der Waals surface area contributed by atoms with Crippen molar-refractivity contribution in [2.75, 3.05) is 11.9 Å². The molecular formula is C24H25N3O. The Morgan fingerprint density at radius 3 is 2.11 bits per heavy atom. The summed E-state index contributed by atoms with van der Waals surface area (Å²) in [6, 6.07) is 27.8. The second-order valence-electron chi connectivity index (χ2n) is 6.60. The van der Waals surface area contributed by atoms with E-state index in [4.69, 9.17) is 4.74 Å². The van der Waals surface area contributed by atoms with Gasteiger partial charge in [0.2, 0.25) is 0 Å². The van der Waals surface area contributed by atoms with Gasteiger partial charge in [-0.3, -0.25) is 0 Å². The van der Waals surface area contributed by atoms with Crippen molar-refractivity contribution < 1.29 is 9.53 Å². The number of ether oxygens (including phenoxy) is 1. The zero-order valence-corrected chi connectivity index (χ0v) is 16.1. The van der Waals surface area contributed by atoms with Gasteiger partial charge in [0, 0.05) is 12.2 Å². The van der Waals surface area contributed by atoms with Crippen molar-refractivity contribution in [3.63, 3.8) is 0 Å². The van der Waals surface area contributed by atoms with Gasteiger partial charge in [0.05, 0.1) is 23.8 Å². The van der Waals surface area contributed by atoms with E-state index in [1.165, 1.54) is 0 Å². The van der Waals surface area contributed by atoms with Crippen molar-refractivity contribution in [1.29, 1.82) is 0 Å². The number of nitrogens with one attached hydrogen (secondary N) is 1. The largest absolute Gasteiger partial charge is 0.382 e. The minimum atomic E-state index is 0.138. The van der Waals surface area contributed by atoms with Crippen LogP contribution < -0.4 is 5.32 Å². The van der Waals surface area contributed by atoms with E-state index in [-0.39, 0.29) is 6.10 Å². The van der Waals surface area contributed by atoms with Gasteiger partial charge >= 0.3 is 5.71 Å². The van der Waals surface area contributed by atoms with Crippen LogP contribution in [0, 0.1) is 0 Å². The van der Waals surface area contributed by atoms with Crippen LogP contribution in [-0.2, 0) is 11.3 Å². The zero-order valence-electron chi connectivity index (χ0n) is 16.1. The predicted molar refractivity (Wildman–Crippen MR) is 114 cm³/mol. The number of hydrogen-bond acceptors (Lipinski definition) is 2. The molecule has 1 unspecified atom stereocenters. The highest BCUT2D eigenvalue weighted by Gasteiger charge is 2.14. The van der Waals surface area contributed by atoms with Gasteiger partial charge in [-0.05, 0) is 48.4 Å². The molecule has 0 saturated carbocycles. The number of para-hydroxylation sites is 1. The summed E-state index contributed by atoms with van der Waals surface area (Å²) in [6.45, 7) is 3.45. The van der Waals surface area contributed by atoms with E-state index in [1.54, 1.807) is 0 Å². The van der Waals surface area contributed by atoms with Gasteiger partial charge in [-0.25, -0.2) is 0 Å². The van der Waals surface area contributed by atoms with Crippen LogP contribution >= 0.6 is 0 Å². The molecule has 0 aliphatic carbocycles. The van der Waals surface area contributed by atoms with Gasteiger partial charge in [-0.15, -0.1) is 0 Å². The van der Waals surface area contributed by atoms with Crippen LogP contribution in [0.5, 0.6) is 0 Å². The first kappa shape index (κ1) is 19.6. The van der Waals surface area contributed by atoms with Gasteiger partial charge in [-0.2, -0.15) is 4.79 Å². The summed E-state index contributed by atoms with van der Waals surface area (Å²) in [7, 11) is 0. The maximum Gasteiger partial charge on any atom is 0.329 e. The van der Waals surface area contributed by atoms with Crippen LogP contribution in [0.1, 0.15) is 30.0 Å². The van der Waals surface area contributed by atoms with Gasteiger partial charge in [0.25, 0.3) is 0 Å². The number of benzene rings is 3. The van der Waals surface area contributed by atoms with Crippen molar-refractivity contribution >= 4 is 11.4 Å². The smallest absolute Gasteiger partial charge is 0.329 e. The Bertz CT molecular complexity index is 902. The maximum absolute atomic E-state index is 9.42. The second-order valence-corrected chi connectivity index (χ2v) is 6.60. The highest BCUT2D eigenvalue weighted by Crippen LogP contribution is 2.13. The lowest BCUT2D eigenvalue weighted by molar-refractivity contribution is -0.00280. The van der Waals surface area contributed by atoms with Gasteiger partial charge < -0.3 is 15.6 Å². The van der Waals surface area contributed by atoms with E-state index >= 15 is 0 Å². The summed E-state index contributed by atoms with van der Waals surface area (Å²) in [6.07, 6.45) is 1.08. The molecule has 1 atom stereocenters. The molecular weight excluding hydrogens is 346 g/mol. The summed E-state index contributed by atoms with van der Waals surface area (Å²) in [5, 5.41) is 3.41. The summed E-state index contributed by atoms with van der Waals surface area (Å²) in [5.74, 6) is 0. The molecule has 0 amide bonds. The van der Waals surface area contributed by atoms with E-state index in [0.717, 1.165) is 35.3 Å². The first-order valence-corrected chi connectivity index (χ1v) is 9.57. The van der Waals surface area contributed by atoms with Crippen LogP contribution in [-0.4, -0.2) is 23.2 Å². The Kier molecular flexibility index (Phi) is 7.14. The van der Waals surface area contributed by atoms with Crippen LogP contribution in [0.25, 0.3) is 5.53 Å². The molecule has 4 heteroatoms. The Hall–Kier alpha value is -3.20. The molecule has 3 aromatic carbocycles. The monoisotopic (exact) mass is 371 g/mol. The summed E-state index contributed by atoms with van der Waals surface area (Å²) < 4.78 is 6.07. The maximum atomic E-state index is 9.42. The third kappa shape index (κ3) is 5.40. The van der Waals surface area contributed by atoms with Crippen molar-refractivity contribution in [1.82, 2.24) is 0 Å². The Morgan fingerprint density at radius 1 is 0.893 bits per heavy atom. The van der Waals surface area contributed by atoms with Crippen LogP contribution in [0.15, 0.2) is 84.9 Å². The highest BCUT2D eigenvalue weighted by molar-refractivity contribution is 6.09. The van der Waals surface area contributed by atoms with Crippen molar-refractivity contribution in [3.05, 3.63) is 107 Å². The lowest BCUT2D eigenvalue weighted by atomic mass is 10.0. The average molecular weight is 371 g/mol. The molecule has 0 aliphatic heterocycles. The highest BCUT2D eigenvalue weighted by atomic mass is 16.5. The van der Waals surface area contributed by atoms with Crippen LogP contribution in [0.2, 0.25) is 0 Å². The molecule has 0 spiro atoms. The topological polar surface area (TPSA) is 57.7 Å². The molecule has 0 fully saturated rings. The zero-order chi connectivity index (χ0) is 19.6. The van der Waals surface area contributed by atoms with Crippen molar-refractivity contribution in [2.45, 2.75) is 26.1 Å². The van der Waals surface area contributed by atoms with E-state index in [1.807, 2.05) is 72.8 Å². The summed E-state index contributed by atoms with van der Waals surface area (Å²) in [5.41, 5.74) is 13.9. The quantitative estimate of drug-likeness (QED) is 0.321. The minimum absolute atomic E-state index is 0.138.